The Morgan fingerprint density at radius 1 is 1.07 bits per heavy atom. The summed E-state index contributed by atoms with van der Waals surface area (Å²) in [5.74, 6) is 0.491. The second-order valence-electron chi connectivity index (χ2n) is 6.38. The van der Waals surface area contributed by atoms with E-state index in [0.717, 1.165) is 16.5 Å². The number of rotatable bonds is 7. The molecule has 146 valence electrons. The van der Waals surface area contributed by atoms with Crippen molar-refractivity contribution in [3.63, 3.8) is 0 Å². The zero-order valence-electron chi connectivity index (χ0n) is 16.0. The quantitative estimate of drug-likeness (QED) is 0.587. The van der Waals surface area contributed by atoms with Crippen LogP contribution in [0, 0.1) is 0 Å². The molecule has 3 N–H and O–H groups in total. The van der Waals surface area contributed by atoms with E-state index in [1.165, 1.54) is 14.0 Å². The Hall–Kier alpha value is -3.48. The summed E-state index contributed by atoms with van der Waals surface area (Å²) in [5.41, 5.74) is 2.49. The van der Waals surface area contributed by atoms with Crippen LogP contribution in [0.1, 0.15) is 12.5 Å². The molecule has 0 spiro atoms. The standard InChI is InChI=1S/C21H23N3O4/c1-13(25)23-18(10-14-12-22-17-7-5-4-6-16(14)17)21(26)24-15-8-9-19(27-2)20(11-15)28-3/h4-9,11-12,18,22H,10H2,1-3H3,(H,23,25)(H,24,26). The van der Waals surface area contributed by atoms with E-state index in [4.69, 9.17) is 9.47 Å². The number of para-hydroxylation sites is 1. The average molecular weight is 381 g/mol. The summed E-state index contributed by atoms with van der Waals surface area (Å²) < 4.78 is 10.5. The van der Waals surface area contributed by atoms with Gasteiger partial charge in [-0.25, -0.2) is 0 Å². The first kappa shape index (κ1) is 19.3. The van der Waals surface area contributed by atoms with E-state index in [1.807, 2.05) is 30.5 Å². The SMILES string of the molecule is COc1ccc(NC(=O)C(Cc2c[nH]c3ccccc23)NC(C)=O)cc1OC. The Morgan fingerprint density at radius 3 is 2.54 bits per heavy atom. The summed E-state index contributed by atoms with van der Waals surface area (Å²) in [6.07, 6.45) is 2.23. The number of amides is 2. The lowest BCUT2D eigenvalue weighted by Gasteiger charge is -2.18. The van der Waals surface area contributed by atoms with Gasteiger partial charge in [0, 0.05) is 42.2 Å². The molecule has 0 fully saturated rings. The molecular weight excluding hydrogens is 358 g/mol. The number of methoxy groups -OCH3 is 2. The van der Waals surface area contributed by atoms with Crippen LogP contribution in [-0.2, 0) is 16.0 Å². The minimum atomic E-state index is -0.718. The molecule has 0 saturated heterocycles. The molecule has 2 aromatic carbocycles. The van der Waals surface area contributed by atoms with Crippen molar-refractivity contribution in [2.75, 3.05) is 19.5 Å². The first-order valence-electron chi connectivity index (χ1n) is 8.86. The van der Waals surface area contributed by atoms with E-state index in [0.29, 0.717) is 23.6 Å². The lowest BCUT2D eigenvalue weighted by atomic mass is 10.0. The van der Waals surface area contributed by atoms with Crippen molar-refractivity contribution in [1.29, 1.82) is 0 Å². The zero-order chi connectivity index (χ0) is 20.1. The molecule has 1 unspecified atom stereocenters. The first-order chi connectivity index (χ1) is 13.5. The van der Waals surface area contributed by atoms with Gasteiger partial charge in [0.2, 0.25) is 11.8 Å². The maximum absolute atomic E-state index is 12.9. The minimum absolute atomic E-state index is 0.271. The number of fused-ring (bicyclic) bond motifs is 1. The number of carbonyl (C=O) groups excluding carboxylic acids is 2. The molecule has 0 aliphatic carbocycles. The molecule has 2 amide bonds. The molecule has 0 saturated carbocycles. The minimum Gasteiger partial charge on any atom is -0.493 e. The fraction of sp³-hybridized carbons (Fsp3) is 0.238. The van der Waals surface area contributed by atoms with Gasteiger partial charge in [-0.2, -0.15) is 0 Å². The smallest absolute Gasteiger partial charge is 0.247 e. The predicted octanol–water partition coefficient (Wildman–Crippen LogP) is 2.87. The predicted molar refractivity (Wildman–Crippen MR) is 108 cm³/mol. The summed E-state index contributed by atoms with van der Waals surface area (Å²) in [7, 11) is 3.07. The van der Waals surface area contributed by atoms with Crippen LogP contribution in [0.15, 0.2) is 48.7 Å². The number of anilines is 1. The Bertz CT molecular complexity index is 996. The lowest BCUT2D eigenvalue weighted by Crippen LogP contribution is -2.44. The molecule has 0 aliphatic heterocycles. The second kappa shape index (κ2) is 8.47. The van der Waals surface area contributed by atoms with Crippen molar-refractivity contribution in [2.45, 2.75) is 19.4 Å². The van der Waals surface area contributed by atoms with Crippen LogP contribution in [0.2, 0.25) is 0 Å². The van der Waals surface area contributed by atoms with Gasteiger partial charge in [0.1, 0.15) is 6.04 Å². The molecule has 1 aromatic heterocycles. The van der Waals surface area contributed by atoms with Crippen molar-refractivity contribution in [2.24, 2.45) is 0 Å². The molecule has 1 heterocycles. The van der Waals surface area contributed by atoms with E-state index in [9.17, 15) is 9.59 Å². The molecule has 0 aliphatic rings. The number of hydrogen-bond donors (Lipinski definition) is 3. The number of aromatic nitrogens is 1. The Balaban J connectivity index is 1.81. The fourth-order valence-corrected chi connectivity index (χ4v) is 3.12. The van der Waals surface area contributed by atoms with Crippen LogP contribution in [0.4, 0.5) is 5.69 Å². The van der Waals surface area contributed by atoms with Crippen LogP contribution in [0.3, 0.4) is 0 Å². The summed E-state index contributed by atoms with van der Waals surface area (Å²) >= 11 is 0. The number of nitrogens with one attached hydrogen (secondary N) is 3. The van der Waals surface area contributed by atoms with Crippen LogP contribution in [0.25, 0.3) is 10.9 Å². The van der Waals surface area contributed by atoms with Gasteiger partial charge in [-0.15, -0.1) is 0 Å². The lowest BCUT2D eigenvalue weighted by molar-refractivity contribution is -0.125. The second-order valence-corrected chi connectivity index (χ2v) is 6.38. The number of H-pyrrole nitrogens is 1. The summed E-state index contributed by atoms with van der Waals surface area (Å²) in [4.78, 5) is 27.7. The highest BCUT2D eigenvalue weighted by Crippen LogP contribution is 2.30. The number of carbonyl (C=O) groups is 2. The van der Waals surface area contributed by atoms with E-state index >= 15 is 0 Å². The highest BCUT2D eigenvalue weighted by molar-refractivity contribution is 5.98. The maximum atomic E-state index is 12.9. The maximum Gasteiger partial charge on any atom is 0.247 e. The molecule has 1 atom stereocenters. The summed E-state index contributed by atoms with van der Waals surface area (Å²) in [6.45, 7) is 1.39. The molecule has 3 aromatic rings. The van der Waals surface area contributed by atoms with Gasteiger partial charge >= 0.3 is 0 Å². The van der Waals surface area contributed by atoms with Crippen molar-refractivity contribution >= 4 is 28.4 Å². The summed E-state index contributed by atoms with van der Waals surface area (Å²) in [6, 6.07) is 12.2. The molecule has 0 radical (unpaired) electrons. The number of aromatic amines is 1. The van der Waals surface area contributed by atoms with Gasteiger partial charge in [0.25, 0.3) is 0 Å². The number of benzene rings is 2. The topological polar surface area (TPSA) is 92.5 Å². The van der Waals surface area contributed by atoms with Crippen molar-refractivity contribution in [1.82, 2.24) is 10.3 Å². The number of hydrogen-bond acceptors (Lipinski definition) is 4. The highest BCUT2D eigenvalue weighted by atomic mass is 16.5. The molecule has 7 nitrogen and oxygen atoms in total. The van der Waals surface area contributed by atoms with Gasteiger partial charge in [-0.05, 0) is 23.8 Å². The molecule has 28 heavy (non-hydrogen) atoms. The van der Waals surface area contributed by atoms with Crippen LogP contribution in [0.5, 0.6) is 11.5 Å². The monoisotopic (exact) mass is 381 g/mol. The van der Waals surface area contributed by atoms with E-state index < -0.39 is 6.04 Å². The third-order valence-electron chi connectivity index (χ3n) is 4.44. The zero-order valence-corrected chi connectivity index (χ0v) is 16.0. The van der Waals surface area contributed by atoms with Crippen LogP contribution in [-0.4, -0.2) is 37.1 Å². The van der Waals surface area contributed by atoms with Crippen molar-refractivity contribution in [3.8, 4) is 11.5 Å². The third kappa shape index (κ3) is 4.25. The molecular formula is C21H23N3O4. The van der Waals surface area contributed by atoms with Gasteiger partial charge in [0.05, 0.1) is 14.2 Å². The van der Waals surface area contributed by atoms with Gasteiger partial charge in [-0.1, -0.05) is 18.2 Å². The van der Waals surface area contributed by atoms with Gasteiger partial charge < -0.3 is 25.1 Å². The largest absolute Gasteiger partial charge is 0.493 e. The van der Waals surface area contributed by atoms with Crippen LogP contribution < -0.4 is 20.1 Å². The number of ether oxygens (including phenoxy) is 2. The van der Waals surface area contributed by atoms with Crippen LogP contribution >= 0.6 is 0 Å². The van der Waals surface area contributed by atoms with E-state index in [2.05, 4.69) is 15.6 Å². The Labute approximate surface area is 163 Å². The van der Waals surface area contributed by atoms with E-state index in [-0.39, 0.29) is 11.8 Å². The van der Waals surface area contributed by atoms with Gasteiger partial charge in [-0.3, -0.25) is 9.59 Å². The molecule has 7 heteroatoms. The normalized spacial score (nSPS) is 11.7. The molecule has 3 rings (SSSR count). The average Bonchev–Trinajstić information content (AvgIpc) is 3.10. The van der Waals surface area contributed by atoms with Crippen molar-refractivity contribution in [3.05, 3.63) is 54.2 Å². The Morgan fingerprint density at radius 2 is 1.82 bits per heavy atom. The summed E-state index contributed by atoms with van der Waals surface area (Å²) in [5, 5.41) is 6.59. The third-order valence-corrected chi connectivity index (χ3v) is 4.44. The van der Waals surface area contributed by atoms with Crippen molar-refractivity contribution < 1.29 is 19.1 Å². The first-order valence-corrected chi connectivity index (χ1v) is 8.86. The van der Waals surface area contributed by atoms with Gasteiger partial charge in [0.15, 0.2) is 11.5 Å². The van der Waals surface area contributed by atoms with E-state index in [1.54, 1.807) is 25.3 Å². The molecule has 0 bridgehead atoms. The Kier molecular flexibility index (Phi) is 5.84. The fourth-order valence-electron chi connectivity index (χ4n) is 3.12. The highest BCUT2D eigenvalue weighted by Gasteiger charge is 2.22.